The van der Waals surface area contributed by atoms with Gasteiger partial charge in [-0.2, -0.15) is 0 Å². The summed E-state index contributed by atoms with van der Waals surface area (Å²) in [7, 11) is 1.44. The molecule has 0 fully saturated rings. The van der Waals surface area contributed by atoms with Crippen LogP contribution in [0.3, 0.4) is 0 Å². The highest BCUT2D eigenvalue weighted by Crippen LogP contribution is 2.25. The van der Waals surface area contributed by atoms with Gasteiger partial charge in [0, 0.05) is 6.07 Å². The maximum atomic E-state index is 11.9. The molecule has 0 aromatic heterocycles. The summed E-state index contributed by atoms with van der Waals surface area (Å²) in [6.07, 6.45) is -1.06. The molecular formula is C15H18O7. The molecule has 0 aliphatic heterocycles. The molecule has 120 valence electrons. The first-order valence-electron chi connectivity index (χ1n) is 6.70. The second-order valence-electron chi connectivity index (χ2n) is 4.02. The smallest absolute Gasteiger partial charge is 0.359 e. The van der Waals surface area contributed by atoms with Crippen LogP contribution in [0.1, 0.15) is 24.2 Å². The molecule has 0 saturated carbocycles. The maximum absolute atomic E-state index is 11.9. The molecule has 0 aliphatic carbocycles. The maximum Gasteiger partial charge on any atom is 0.359 e. The summed E-state index contributed by atoms with van der Waals surface area (Å²) in [5, 5.41) is 0. The Kier molecular flexibility index (Phi) is 6.88. The van der Waals surface area contributed by atoms with E-state index >= 15 is 0 Å². The van der Waals surface area contributed by atoms with Gasteiger partial charge in [0.25, 0.3) is 6.10 Å². The van der Waals surface area contributed by atoms with Crippen molar-refractivity contribution in [2.45, 2.75) is 20.0 Å². The zero-order valence-corrected chi connectivity index (χ0v) is 12.7. The average Bonchev–Trinajstić information content (AvgIpc) is 2.52. The first kappa shape index (κ1) is 17.5. The van der Waals surface area contributed by atoms with Crippen LogP contribution in [0.25, 0.3) is 0 Å². The van der Waals surface area contributed by atoms with Crippen molar-refractivity contribution in [3.05, 3.63) is 23.8 Å². The highest BCUT2D eigenvalue weighted by atomic mass is 16.6. The number of carbonyl (C=O) groups excluding carboxylic acids is 3. The zero-order valence-electron chi connectivity index (χ0n) is 12.7. The highest BCUT2D eigenvalue weighted by molar-refractivity contribution is 5.98. The Labute approximate surface area is 128 Å². The molecule has 1 rings (SSSR count). The van der Waals surface area contributed by atoms with Gasteiger partial charge in [0.15, 0.2) is 6.29 Å². The topological polar surface area (TPSA) is 88.1 Å². The van der Waals surface area contributed by atoms with E-state index in [1.807, 2.05) is 0 Å². The van der Waals surface area contributed by atoms with Crippen LogP contribution in [0.2, 0.25) is 0 Å². The summed E-state index contributed by atoms with van der Waals surface area (Å²) in [5.74, 6) is -1.34. The molecule has 0 saturated heterocycles. The van der Waals surface area contributed by atoms with Crippen molar-refractivity contribution >= 4 is 18.2 Å². The SMILES string of the molecule is CCOC(=O)C(Oc1cc(OC)ccc1C=O)C(=O)OCC. The molecule has 0 aliphatic rings. The molecule has 0 unspecified atom stereocenters. The normalized spacial score (nSPS) is 10.0. The monoisotopic (exact) mass is 310 g/mol. The number of esters is 2. The van der Waals surface area contributed by atoms with E-state index in [2.05, 4.69) is 0 Å². The standard InChI is InChI=1S/C15H18O7/c1-4-20-14(17)13(15(18)21-5-2)22-12-8-11(19-3)7-6-10(12)9-16/h6-9,13H,4-5H2,1-3H3. The molecule has 0 atom stereocenters. The van der Waals surface area contributed by atoms with Crippen molar-refractivity contribution in [1.82, 2.24) is 0 Å². The van der Waals surface area contributed by atoms with Crippen molar-refractivity contribution in [2.24, 2.45) is 0 Å². The molecule has 7 nitrogen and oxygen atoms in total. The molecule has 22 heavy (non-hydrogen) atoms. The van der Waals surface area contributed by atoms with Crippen molar-refractivity contribution in [1.29, 1.82) is 0 Å². The van der Waals surface area contributed by atoms with E-state index < -0.39 is 18.0 Å². The third kappa shape index (κ3) is 4.47. The number of rotatable bonds is 8. The number of methoxy groups -OCH3 is 1. The van der Waals surface area contributed by atoms with Crippen molar-refractivity contribution < 1.29 is 33.3 Å². The molecule has 0 amide bonds. The first-order valence-corrected chi connectivity index (χ1v) is 6.70. The number of hydrogen-bond acceptors (Lipinski definition) is 7. The number of carbonyl (C=O) groups is 3. The fourth-order valence-corrected chi connectivity index (χ4v) is 1.60. The van der Waals surface area contributed by atoms with Gasteiger partial charge in [0.05, 0.1) is 25.9 Å². The fraction of sp³-hybridized carbons (Fsp3) is 0.400. The van der Waals surface area contributed by atoms with E-state index in [1.165, 1.54) is 19.2 Å². The second kappa shape index (κ2) is 8.66. The third-order valence-corrected chi connectivity index (χ3v) is 2.59. The highest BCUT2D eigenvalue weighted by Gasteiger charge is 2.32. The molecule has 1 aromatic rings. The second-order valence-corrected chi connectivity index (χ2v) is 4.02. The lowest BCUT2D eigenvalue weighted by Crippen LogP contribution is -2.38. The van der Waals surface area contributed by atoms with Crippen LogP contribution in [0.4, 0.5) is 0 Å². The Morgan fingerprint density at radius 2 is 1.73 bits per heavy atom. The van der Waals surface area contributed by atoms with Gasteiger partial charge in [0.1, 0.15) is 11.5 Å². The minimum atomic E-state index is -1.61. The molecule has 0 spiro atoms. The van der Waals surface area contributed by atoms with E-state index in [4.69, 9.17) is 18.9 Å². The van der Waals surface area contributed by atoms with Crippen LogP contribution in [0.15, 0.2) is 18.2 Å². The summed E-state index contributed by atoms with van der Waals surface area (Å²) in [6.45, 7) is 3.36. The van der Waals surface area contributed by atoms with Gasteiger partial charge in [-0.3, -0.25) is 4.79 Å². The Bertz CT molecular complexity index is 521. The van der Waals surface area contributed by atoms with Crippen LogP contribution in [0.5, 0.6) is 11.5 Å². The molecule has 0 N–H and O–H groups in total. The molecular weight excluding hydrogens is 292 g/mol. The number of hydrogen-bond donors (Lipinski definition) is 0. The van der Waals surface area contributed by atoms with Gasteiger partial charge in [-0.15, -0.1) is 0 Å². The van der Waals surface area contributed by atoms with Crippen LogP contribution in [-0.4, -0.2) is 44.7 Å². The lowest BCUT2D eigenvalue weighted by atomic mass is 10.2. The van der Waals surface area contributed by atoms with Crippen LogP contribution >= 0.6 is 0 Å². The summed E-state index contributed by atoms with van der Waals surface area (Å²) in [6, 6.07) is 4.41. The van der Waals surface area contributed by atoms with E-state index in [0.717, 1.165) is 0 Å². The molecule has 0 radical (unpaired) electrons. The van der Waals surface area contributed by atoms with E-state index in [0.29, 0.717) is 12.0 Å². The summed E-state index contributed by atoms with van der Waals surface area (Å²) >= 11 is 0. The van der Waals surface area contributed by atoms with Crippen molar-refractivity contribution in [3.8, 4) is 11.5 Å². The predicted octanol–water partition coefficient (Wildman–Crippen LogP) is 1.38. The fourth-order valence-electron chi connectivity index (χ4n) is 1.60. The number of ether oxygens (including phenoxy) is 4. The Morgan fingerprint density at radius 3 is 2.18 bits per heavy atom. The molecule has 0 heterocycles. The van der Waals surface area contributed by atoms with Crippen molar-refractivity contribution in [3.63, 3.8) is 0 Å². The minimum absolute atomic E-state index is 0.0282. The Balaban J connectivity index is 3.09. The number of benzene rings is 1. The average molecular weight is 310 g/mol. The summed E-state index contributed by atoms with van der Waals surface area (Å²) < 4.78 is 19.9. The summed E-state index contributed by atoms with van der Waals surface area (Å²) in [5.41, 5.74) is 0.166. The predicted molar refractivity (Wildman–Crippen MR) is 76.1 cm³/mol. The Morgan fingerprint density at radius 1 is 1.14 bits per heavy atom. The van der Waals surface area contributed by atoms with Gasteiger partial charge in [-0.25, -0.2) is 9.59 Å². The van der Waals surface area contributed by atoms with Gasteiger partial charge in [-0.1, -0.05) is 0 Å². The summed E-state index contributed by atoms with van der Waals surface area (Å²) in [4.78, 5) is 34.7. The molecule has 1 aromatic carbocycles. The van der Waals surface area contributed by atoms with Gasteiger partial charge >= 0.3 is 11.9 Å². The van der Waals surface area contributed by atoms with E-state index in [1.54, 1.807) is 19.9 Å². The van der Waals surface area contributed by atoms with Gasteiger partial charge < -0.3 is 18.9 Å². The van der Waals surface area contributed by atoms with E-state index in [9.17, 15) is 14.4 Å². The van der Waals surface area contributed by atoms with Crippen molar-refractivity contribution in [2.75, 3.05) is 20.3 Å². The largest absolute Gasteiger partial charge is 0.497 e. The zero-order chi connectivity index (χ0) is 16.5. The van der Waals surface area contributed by atoms with Crippen LogP contribution in [-0.2, 0) is 19.1 Å². The van der Waals surface area contributed by atoms with E-state index in [-0.39, 0.29) is 24.5 Å². The lowest BCUT2D eigenvalue weighted by molar-refractivity contribution is -0.166. The molecule has 0 bridgehead atoms. The third-order valence-electron chi connectivity index (χ3n) is 2.59. The minimum Gasteiger partial charge on any atom is -0.497 e. The van der Waals surface area contributed by atoms with Crippen LogP contribution < -0.4 is 9.47 Å². The molecule has 7 heteroatoms. The van der Waals surface area contributed by atoms with Crippen LogP contribution in [0, 0.1) is 0 Å². The quantitative estimate of drug-likeness (QED) is 0.407. The number of aldehydes is 1. The first-order chi connectivity index (χ1) is 10.6. The Hall–Kier alpha value is -2.57. The van der Waals surface area contributed by atoms with Gasteiger partial charge in [0.2, 0.25) is 0 Å². The lowest BCUT2D eigenvalue weighted by Gasteiger charge is -2.17. The van der Waals surface area contributed by atoms with Gasteiger partial charge in [-0.05, 0) is 26.0 Å².